The van der Waals surface area contributed by atoms with E-state index in [2.05, 4.69) is 0 Å². The van der Waals surface area contributed by atoms with Crippen LogP contribution in [-0.4, -0.2) is 44.4 Å². The van der Waals surface area contributed by atoms with Crippen molar-refractivity contribution in [1.82, 2.24) is 9.47 Å². The Morgan fingerprint density at radius 1 is 1.19 bits per heavy atom. The molecule has 0 bridgehead atoms. The number of nitrogens with two attached hydrogens (primary N) is 2. The lowest BCUT2D eigenvalue weighted by molar-refractivity contribution is 0.0827. The normalized spacial score (nSPS) is 12.0. The van der Waals surface area contributed by atoms with Crippen LogP contribution in [0, 0.1) is 6.92 Å². The zero-order valence-corrected chi connectivity index (χ0v) is 19.6. The molecule has 0 atom stereocenters. The number of benzene rings is 2. The van der Waals surface area contributed by atoms with Crippen LogP contribution in [0.4, 0.5) is 4.39 Å². The monoisotopic (exact) mass is 480 g/mol. The van der Waals surface area contributed by atoms with Gasteiger partial charge in [0.2, 0.25) is 10.0 Å². The van der Waals surface area contributed by atoms with Crippen LogP contribution >= 0.6 is 12.4 Å². The highest BCUT2D eigenvalue weighted by Crippen LogP contribution is 2.36. The van der Waals surface area contributed by atoms with Gasteiger partial charge in [0.1, 0.15) is 5.83 Å². The summed E-state index contributed by atoms with van der Waals surface area (Å²) in [4.78, 5) is 14.0. The number of aromatic nitrogens is 1. The molecule has 172 valence electrons. The Morgan fingerprint density at radius 3 is 2.47 bits per heavy atom. The fourth-order valence-corrected chi connectivity index (χ4v) is 4.17. The number of rotatable bonds is 6. The summed E-state index contributed by atoms with van der Waals surface area (Å²) in [5.74, 6) is -0.563. The predicted octanol–water partition coefficient (Wildman–Crippen LogP) is 3.20. The average molecular weight is 481 g/mol. The first-order chi connectivity index (χ1) is 14.5. The van der Waals surface area contributed by atoms with Crippen molar-refractivity contribution in [2.75, 3.05) is 20.6 Å². The van der Waals surface area contributed by atoms with Crippen molar-refractivity contribution in [2.24, 2.45) is 10.9 Å². The second-order valence-electron chi connectivity index (χ2n) is 7.44. The third-order valence-electron chi connectivity index (χ3n) is 5.08. The SMILES string of the molecule is Cc1c(-c2cccc(S(N)(=O)=O)c2)c2cc(C(=O)N(C)C)ccc2n1CC(F)=CCN.Cl. The molecule has 3 aromatic rings. The molecule has 10 heteroatoms. The molecule has 1 amide bonds. The molecule has 32 heavy (non-hydrogen) atoms. The molecule has 0 saturated heterocycles. The summed E-state index contributed by atoms with van der Waals surface area (Å²) >= 11 is 0. The van der Waals surface area contributed by atoms with Gasteiger partial charge in [-0.05, 0) is 48.9 Å². The van der Waals surface area contributed by atoms with Crippen LogP contribution < -0.4 is 10.9 Å². The van der Waals surface area contributed by atoms with Crippen molar-refractivity contribution in [1.29, 1.82) is 0 Å². The zero-order chi connectivity index (χ0) is 22.9. The van der Waals surface area contributed by atoms with E-state index in [1.54, 1.807) is 49.0 Å². The number of primary sulfonamides is 1. The third-order valence-corrected chi connectivity index (χ3v) is 5.99. The Labute approximate surface area is 192 Å². The third kappa shape index (κ3) is 5.02. The van der Waals surface area contributed by atoms with Gasteiger partial charge in [-0.1, -0.05) is 12.1 Å². The Bertz CT molecular complexity index is 1300. The van der Waals surface area contributed by atoms with Crippen LogP contribution in [0.3, 0.4) is 0 Å². The number of allylic oxidation sites excluding steroid dienone is 1. The van der Waals surface area contributed by atoms with Gasteiger partial charge >= 0.3 is 0 Å². The van der Waals surface area contributed by atoms with Crippen molar-refractivity contribution >= 4 is 39.2 Å². The largest absolute Gasteiger partial charge is 0.345 e. The summed E-state index contributed by atoms with van der Waals surface area (Å²) in [7, 11) is -0.584. The molecule has 0 fully saturated rings. The number of fused-ring (bicyclic) bond motifs is 1. The molecule has 0 aliphatic rings. The number of carbonyl (C=O) groups is 1. The van der Waals surface area contributed by atoms with Crippen molar-refractivity contribution in [3.63, 3.8) is 0 Å². The number of carbonyl (C=O) groups excluding carboxylic acids is 1. The van der Waals surface area contributed by atoms with E-state index in [-0.39, 0.29) is 42.1 Å². The molecule has 4 N–H and O–H groups in total. The van der Waals surface area contributed by atoms with Gasteiger partial charge in [-0.2, -0.15) is 0 Å². The Balaban J connectivity index is 0.00000363. The molecular formula is C22H26ClFN4O3S. The first kappa shape index (κ1) is 25.5. The second-order valence-corrected chi connectivity index (χ2v) is 9.00. The molecular weight excluding hydrogens is 455 g/mol. The van der Waals surface area contributed by atoms with E-state index < -0.39 is 10.0 Å². The van der Waals surface area contributed by atoms with E-state index in [0.717, 1.165) is 5.69 Å². The Morgan fingerprint density at radius 2 is 1.88 bits per heavy atom. The number of nitrogens with zero attached hydrogens (tertiary/aromatic N) is 2. The summed E-state index contributed by atoms with van der Waals surface area (Å²) < 4.78 is 39.8. The summed E-state index contributed by atoms with van der Waals surface area (Å²) in [6.45, 7) is 1.87. The lowest BCUT2D eigenvalue weighted by Gasteiger charge is -2.11. The average Bonchev–Trinajstić information content (AvgIpc) is 2.97. The van der Waals surface area contributed by atoms with Gasteiger partial charge in [-0.15, -0.1) is 12.4 Å². The van der Waals surface area contributed by atoms with E-state index in [4.69, 9.17) is 10.9 Å². The van der Waals surface area contributed by atoms with Crippen LogP contribution in [0.5, 0.6) is 0 Å². The van der Waals surface area contributed by atoms with Crippen molar-refractivity contribution in [3.05, 3.63) is 65.6 Å². The standard InChI is InChI=1S/C22H25FN4O3S.ClH/c1-14-21(15-5-4-6-18(11-15)31(25,29)30)19-12-16(22(28)26(2)3)7-8-20(19)27(14)13-17(23)9-10-24;/h4-9,11-12H,10,13,24H2,1-3H3,(H2,25,29,30);1H. The molecule has 1 aromatic heterocycles. The molecule has 2 aromatic carbocycles. The molecule has 0 spiro atoms. The Kier molecular flexibility index (Phi) is 7.84. The summed E-state index contributed by atoms with van der Waals surface area (Å²) in [6.07, 6.45) is 1.30. The maximum atomic E-state index is 14.3. The maximum absolute atomic E-state index is 14.3. The van der Waals surface area contributed by atoms with Gasteiger partial charge in [-0.25, -0.2) is 17.9 Å². The first-order valence-corrected chi connectivity index (χ1v) is 11.1. The Hall–Kier alpha value is -2.72. The number of halogens is 2. The highest BCUT2D eigenvalue weighted by Gasteiger charge is 2.20. The summed E-state index contributed by atoms with van der Waals surface area (Å²) in [5.41, 5.74) is 8.64. The quantitative estimate of drug-likeness (QED) is 0.564. The van der Waals surface area contributed by atoms with E-state index in [1.165, 1.54) is 23.1 Å². The van der Waals surface area contributed by atoms with Crippen LogP contribution in [0.2, 0.25) is 0 Å². The molecule has 0 radical (unpaired) electrons. The van der Waals surface area contributed by atoms with Crippen LogP contribution in [-0.2, 0) is 16.6 Å². The minimum absolute atomic E-state index is 0. The first-order valence-electron chi connectivity index (χ1n) is 9.57. The molecule has 7 nitrogen and oxygen atoms in total. The van der Waals surface area contributed by atoms with Gasteiger partial charge in [-0.3, -0.25) is 4.79 Å². The van der Waals surface area contributed by atoms with E-state index in [1.807, 2.05) is 6.92 Å². The molecule has 3 rings (SSSR count). The minimum Gasteiger partial charge on any atom is -0.345 e. The van der Waals surface area contributed by atoms with Crippen LogP contribution in [0.15, 0.2) is 59.3 Å². The number of hydrogen-bond donors (Lipinski definition) is 2. The van der Waals surface area contributed by atoms with Crippen LogP contribution in [0.1, 0.15) is 16.1 Å². The van der Waals surface area contributed by atoms with E-state index in [0.29, 0.717) is 27.6 Å². The molecule has 0 saturated carbocycles. The summed E-state index contributed by atoms with van der Waals surface area (Å²) in [6, 6.07) is 11.4. The predicted molar refractivity (Wildman–Crippen MR) is 127 cm³/mol. The van der Waals surface area contributed by atoms with Gasteiger partial charge < -0.3 is 15.2 Å². The van der Waals surface area contributed by atoms with E-state index >= 15 is 0 Å². The second kappa shape index (κ2) is 9.83. The molecule has 1 heterocycles. The number of hydrogen-bond acceptors (Lipinski definition) is 4. The zero-order valence-electron chi connectivity index (χ0n) is 18.0. The number of amides is 1. The van der Waals surface area contributed by atoms with Crippen molar-refractivity contribution < 1.29 is 17.6 Å². The summed E-state index contributed by atoms with van der Waals surface area (Å²) in [5, 5.41) is 6.01. The lowest BCUT2D eigenvalue weighted by atomic mass is 10.0. The topological polar surface area (TPSA) is 111 Å². The maximum Gasteiger partial charge on any atom is 0.253 e. The van der Waals surface area contributed by atoms with E-state index in [9.17, 15) is 17.6 Å². The number of sulfonamides is 1. The molecule has 0 unspecified atom stereocenters. The van der Waals surface area contributed by atoms with Crippen molar-refractivity contribution in [2.45, 2.75) is 18.4 Å². The fraction of sp³-hybridized carbons (Fsp3) is 0.227. The van der Waals surface area contributed by atoms with Gasteiger partial charge in [0.15, 0.2) is 0 Å². The van der Waals surface area contributed by atoms with Gasteiger partial charge in [0.25, 0.3) is 5.91 Å². The smallest absolute Gasteiger partial charge is 0.253 e. The highest BCUT2D eigenvalue weighted by molar-refractivity contribution is 7.89. The van der Waals surface area contributed by atoms with Crippen molar-refractivity contribution in [3.8, 4) is 11.1 Å². The minimum atomic E-state index is -3.90. The highest BCUT2D eigenvalue weighted by atomic mass is 35.5. The van der Waals surface area contributed by atoms with Crippen LogP contribution in [0.25, 0.3) is 22.0 Å². The molecule has 0 aliphatic heterocycles. The lowest BCUT2D eigenvalue weighted by Crippen LogP contribution is -2.21. The molecule has 0 aliphatic carbocycles. The fourth-order valence-electron chi connectivity index (χ4n) is 3.61. The van der Waals surface area contributed by atoms with Gasteiger partial charge in [0.05, 0.1) is 11.4 Å². The van der Waals surface area contributed by atoms with Gasteiger partial charge in [0, 0.05) is 48.4 Å².